The highest BCUT2D eigenvalue weighted by Gasteiger charge is 2.10. The van der Waals surface area contributed by atoms with Gasteiger partial charge in [0.1, 0.15) is 0 Å². The molecule has 0 heterocycles. The summed E-state index contributed by atoms with van der Waals surface area (Å²) in [5, 5.41) is 6.01. The third-order valence-corrected chi connectivity index (χ3v) is 5.74. The summed E-state index contributed by atoms with van der Waals surface area (Å²) in [4.78, 5) is 24.8. The van der Waals surface area contributed by atoms with Gasteiger partial charge in [0, 0.05) is 12.8 Å². The normalized spacial score (nSPS) is 10.8. The maximum atomic E-state index is 12.4. The third kappa shape index (κ3) is 14.0. The number of hydrogen-bond donors (Lipinski definition) is 2. The number of amides is 2. The molecule has 2 N–H and O–H groups in total. The van der Waals surface area contributed by atoms with Gasteiger partial charge in [0.2, 0.25) is 11.8 Å². The molecule has 0 aromatic heterocycles. The van der Waals surface area contributed by atoms with E-state index in [2.05, 4.69) is 24.5 Å². The van der Waals surface area contributed by atoms with E-state index >= 15 is 0 Å². The van der Waals surface area contributed by atoms with E-state index in [4.69, 9.17) is 0 Å². The minimum absolute atomic E-state index is 0.0278. The largest absolute Gasteiger partial charge is 0.324 e. The van der Waals surface area contributed by atoms with Crippen LogP contribution in [0.5, 0.6) is 0 Å². The highest BCUT2D eigenvalue weighted by atomic mass is 16.2. The standard InChI is InChI=1S/C27H46N2O2/c1-4-6-8-10-12-14-16-18-26(30)28-24-21-20-23(3)22-25(24)29-27(31)19-17-15-13-11-9-7-5-2/h20-22H,4-19H2,1-3H3,(H,28,30)(H,29,31). The van der Waals surface area contributed by atoms with Crippen LogP contribution in [-0.2, 0) is 9.59 Å². The van der Waals surface area contributed by atoms with E-state index < -0.39 is 0 Å². The van der Waals surface area contributed by atoms with Crippen molar-refractivity contribution < 1.29 is 9.59 Å². The molecule has 176 valence electrons. The fourth-order valence-corrected chi connectivity index (χ4v) is 3.78. The Balaban J connectivity index is 2.36. The van der Waals surface area contributed by atoms with E-state index in [9.17, 15) is 9.59 Å². The van der Waals surface area contributed by atoms with Crippen LogP contribution in [-0.4, -0.2) is 11.8 Å². The average Bonchev–Trinajstić information content (AvgIpc) is 2.74. The molecule has 1 aromatic carbocycles. The summed E-state index contributed by atoms with van der Waals surface area (Å²) < 4.78 is 0. The lowest BCUT2D eigenvalue weighted by Gasteiger charge is -2.13. The lowest BCUT2D eigenvalue weighted by atomic mass is 10.1. The molecule has 0 aliphatic carbocycles. The van der Waals surface area contributed by atoms with Gasteiger partial charge in [-0.2, -0.15) is 0 Å². The minimum atomic E-state index is 0.0278. The minimum Gasteiger partial charge on any atom is -0.324 e. The van der Waals surface area contributed by atoms with Crippen molar-refractivity contribution >= 4 is 23.2 Å². The van der Waals surface area contributed by atoms with Gasteiger partial charge in [-0.05, 0) is 37.5 Å². The molecule has 2 amide bonds. The first-order valence-electron chi connectivity index (χ1n) is 12.8. The van der Waals surface area contributed by atoms with E-state index in [1.165, 1.54) is 64.2 Å². The fraction of sp³-hybridized carbons (Fsp3) is 0.704. The zero-order chi connectivity index (χ0) is 22.7. The van der Waals surface area contributed by atoms with Gasteiger partial charge in [-0.25, -0.2) is 0 Å². The monoisotopic (exact) mass is 430 g/mol. The highest BCUT2D eigenvalue weighted by Crippen LogP contribution is 2.24. The molecular formula is C27H46N2O2. The van der Waals surface area contributed by atoms with Gasteiger partial charge in [-0.15, -0.1) is 0 Å². The Morgan fingerprint density at radius 3 is 1.52 bits per heavy atom. The van der Waals surface area contributed by atoms with Gasteiger partial charge >= 0.3 is 0 Å². The zero-order valence-electron chi connectivity index (χ0n) is 20.4. The van der Waals surface area contributed by atoms with E-state index in [-0.39, 0.29) is 11.8 Å². The summed E-state index contributed by atoms with van der Waals surface area (Å²) >= 11 is 0. The number of anilines is 2. The number of hydrogen-bond acceptors (Lipinski definition) is 2. The summed E-state index contributed by atoms with van der Waals surface area (Å²) in [5.41, 5.74) is 2.48. The van der Waals surface area contributed by atoms with Crippen LogP contribution < -0.4 is 10.6 Å². The molecule has 4 nitrogen and oxygen atoms in total. The highest BCUT2D eigenvalue weighted by molar-refractivity contribution is 5.99. The van der Waals surface area contributed by atoms with Crippen LogP contribution in [0.1, 0.15) is 122 Å². The van der Waals surface area contributed by atoms with Crippen molar-refractivity contribution in [1.29, 1.82) is 0 Å². The van der Waals surface area contributed by atoms with Gasteiger partial charge in [-0.1, -0.05) is 97.0 Å². The first-order valence-corrected chi connectivity index (χ1v) is 12.8. The van der Waals surface area contributed by atoms with Gasteiger partial charge in [0.25, 0.3) is 0 Å². The van der Waals surface area contributed by atoms with Crippen molar-refractivity contribution in [3.63, 3.8) is 0 Å². The lowest BCUT2D eigenvalue weighted by molar-refractivity contribution is -0.117. The zero-order valence-corrected chi connectivity index (χ0v) is 20.4. The number of carbonyl (C=O) groups excluding carboxylic acids is 2. The van der Waals surface area contributed by atoms with Gasteiger partial charge < -0.3 is 10.6 Å². The molecule has 0 saturated carbocycles. The smallest absolute Gasteiger partial charge is 0.224 e. The average molecular weight is 431 g/mol. The Bertz CT molecular complexity index is 628. The Hall–Kier alpha value is -1.84. The van der Waals surface area contributed by atoms with Gasteiger partial charge in [0.05, 0.1) is 11.4 Å². The van der Waals surface area contributed by atoms with Crippen molar-refractivity contribution in [2.24, 2.45) is 0 Å². The summed E-state index contributed by atoms with van der Waals surface area (Å²) in [7, 11) is 0. The molecule has 0 saturated heterocycles. The predicted octanol–water partition coefficient (Wildman–Crippen LogP) is 8.15. The molecule has 4 heteroatoms. The summed E-state index contributed by atoms with van der Waals surface area (Å²) in [6.07, 6.45) is 17.8. The molecule has 0 atom stereocenters. The van der Waals surface area contributed by atoms with Crippen molar-refractivity contribution in [3.05, 3.63) is 23.8 Å². The fourth-order valence-electron chi connectivity index (χ4n) is 3.78. The quantitative estimate of drug-likeness (QED) is 0.231. The van der Waals surface area contributed by atoms with Gasteiger partial charge in [-0.3, -0.25) is 9.59 Å². The predicted molar refractivity (Wildman–Crippen MR) is 134 cm³/mol. The Labute approximate surface area is 191 Å². The second-order valence-electron chi connectivity index (χ2n) is 8.89. The molecule has 0 fully saturated rings. The van der Waals surface area contributed by atoms with Crippen LogP contribution in [0.15, 0.2) is 18.2 Å². The van der Waals surface area contributed by atoms with Crippen LogP contribution >= 0.6 is 0 Å². The van der Waals surface area contributed by atoms with Crippen molar-refractivity contribution in [2.45, 2.75) is 124 Å². The summed E-state index contributed by atoms with van der Waals surface area (Å²) in [6, 6.07) is 5.79. The van der Waals surface area contributed by atoms with Gasteiger partial charge in [0.15, 0.2) is 0 Å². The topological polar surface area (TPSA) is 58.2 Å². The van der Waals surface area contributed by atoms with E-state index in [0.717, 1.165) is 31.2 Å². The van der Waals surface area contributed by atoms with Crippen LogP contribution in [0.25, 0.3) is 0 Å². The number of nitrogens with one attached hydrogen (secondary N) is 2. The first-order chi connectivity index (χ1) is 15.1. The lowest BCUT2D eigenvalue weighted by Crippen LogP contribution is -2.16. The van der Waals surface area contributed by atoms with Crippen LogP contribution in [0.2, 0.25) is 0 Å². The van der Waals surface area contributed by atoms with Crippen LogP contribution in [0, 0.1) is 6.92 Å². The number of carbonyl (C=O) groups is 2. The first kappa shape index (κ1) is 27.2. The second-order valence-corrected chi connectivity index (χ2v) is 8.89. The molecule has 31 heavy (non-hydrogen) atoms. The Morgan fingerprint density at radius 2 is 1.03 bits per heavy atom. The third-order valence-electron chi connectivity index (χ3n) is 5.74. The Kier molecular flexibility index (Phi) is 15.6. The van der Waals surface area contributed by atoms with Crippen LogP contribution in [0.3, 0.4) is 0 Å². The SMILES string of the molecule is CCCCCCCCCC(=O)Nc1ccc(C)cc1NC(=O)CCCCCCCCC. The molecule has 1 aromatic rings. The molecule has 0 aliphatic rings. The summed E-state index contributed by atoms with van der Waals surface area (Å²) in [5.74, 6) is 0.0572. The van der Waals surface area contributed by atoms with E-state index in [0.29, 0.717) is 24.2 Å². The van der Waals surface area contributed by atoms with E-state index in [1.54, 1.807) is 0 Å². The number of aryl methyl sites for hydroxylation is 1. The van der Waals surface area contributed by atoms with Crippen molar-refractivity contribution in [3.8, 4) is 0 Å². The molecule has 0 aliphatic heterocycles. The van der Waals surface area contributed by atoms with Crippen molar-refractivity contribution in [2.75, 3.05) is 10.6 Å². The summed E-state index contributed by atoms with van der Waals surface area (Å²) in [6.45, 7) is 6.44. The molecule has 1 rings (SSSR count). The molecule has 0 bridgehead atoms. The molecule has 0 radical (unpaired) electrons. The van der Waals surface area contributed by atoms with E-state index in [1.807, 2.05) is 25.1 Å². The maximum Gasteiger partial charge on any atom is 0.224 e. The molecule has 0 spiro atoms. The van der Waals surface area contributed by atoms with Crippen molar-refractivity contribution in [1.82, 2.24) is 0 Å². The number of unbranched alkanes of at least 4 members (excludes halogenated alkanes) is 12. The number of benzene rings is 1. The molecular weight excluding hydrogens is 384 g/mol. The molecule has 0 unspecified atom stereocenters. The Morgan fingerprint density at radius 1 is 0.613 bits per heavy atom. The number of rotatable bonds is 18. The second kappa shape index (κ2) is 17.8. The van der Waals surface area contributed by atoms with Crippen LogP contribution in [0.4, 0.5) is 11.4 Å². The maximum absolute atomic E-state index is 12.4.